The molecule has 2 heterocycles. The van der Waals surface area contributed by atoms with Gasteiger partial charge < -0.3 is 4.57 Å². The van der Waals surface area contributed by atoms with Crippen molar-refractivity contribution in [3.05, 3.63) is 47.0 Å². The van der Waals surface area contributed by atoms with Crippen molar-refractivity contribution in [2.75, 3.05) is 6.54 Å². The van der Waals surface area contributed by atoms with Crippen molar-refractivity contribution in [2.24, 2.45) is 0 Å². The van der Waals surface area contributed by atoms with Crippen molar-refractivity contribution < 1.29 is 8.42 Å². The summed E-state index contributed by atoms with van der Waals surface area (Å²) in [6, 6.07) is 6.28. The Morgan fingerprint density at radius 2 is 2.27 bits per heavy atom. The maximum Gasteiger partial charge on any atom is 0.240 e. The molecule has 1 aromatic heterocycles. The molecule has 2 aromatic rings. The Balaban J connectivity index is 1.75. The van der Waals surface area contributed by atoms with Gasteiger partial charge in [-0.25, -0.2) is 18.1 Å². The predicted molar refractivity (Wildman–Crippen MR) is 85.6 cm³/mol. The van der Waals surface area contributed by atoms with Gasteiger partial charge in [0.25, 0.3) is 0 Å². The molecule has 1 aliphatic rings. The summed E-state index contributed by atoms with van der Waals surface area (Å²) in [5.41, 5.74) is 0.972. The van der Waals surface area contributed by atoms with Gasteiger partial charge in [0.2, 0.25) is 10.0 Å². The third-order valence-electron chi connectivity index (χ3n) is 3.87. The van der Waals surface area contributed by atoms with Crippen LogP contribution in [0.25, 0.3) is 0 Å². The number of benzene rings is 1. The summed E-state index contributed by atoms with van der Waals surface area (Å²) in [6.45, 7) is 3.26. The fourth-order valence-electron chi connectivity index (χ4n) is 2.83. The van der Waals surface area contributed by atoms with Gasteiger partial charge in [-0.1, -0.05) is 17.7 Å². The molecule has 7 heteroatoms. The highest BCUT2D eigenvalue weighted by molar-refractivity contribution is 7.89. The molecule has 0 saturated heterocycles. The predicted octanol–water partition coefficient (Wildman–Crippen LogP) is 2.70. The molecule has 0 saturated carbocycles. The van der Waals surface area contributed by atoms with E-state index < -0.39 is 10.0 Å². The van der Waals surface area contributed by atoms with Crippen molar-refractivity contribution in [1.29, 1.82) is 0 Å². The first-order chi connectivity index (χ1) is 10.5. The summed E-state index contributed by atoms with van der Waals surface area (Å²) >= 11 is 5.86. The van der Waals surface area contributed by atoms with Crippen LogP contribution in [0.1, 0.15) is 30.3 Å². The van der Waals surface area contributed by atoms with Crippen LogP contribution in [0.4, 0.5) is 0 Å². The molecule has 0 fully saturated rings. The van der Waals surface area contributed by atoms with Crippen LogP contribution in [0.2, 0.25) is 5.02 Å². The number of hydrogen-bond donors (Lipinski definition) is 1. The molecular formula is C15H18ClN3O2S. The van der Waals surface area contributed by atoms with Crippen LogP contribution in [-0.2, 0) is 16.6 Å². The lowest BCUT2D eigenvalue weighted by molar-refractivity contribution is 0.438. The number of aromatic nitrogens is 2. The number of aryl methyl sites for hydroxylation is 2. The third kappa shape index (κ3) is 3.19. The van der Waals surface area contributed by atoms with E-state index in [2.05, 4.69) is 14.3 Å². The van der Waals surface area contributed by atoms with E-state index in [1.807, 2.05) is 13.1 Å². The van der Waals surface area contributed by atoms with Crippen LogP contribution in [0, 0.1) is 6.92 Å². The van der Waals surface area contributed by atoms with Crippen LogP contribution >= 0.6 is 11.6 Å². The van der Waals surface area contributed by atoms with Crippen LogP contribution in [0.15, 0.2) is 35.4 Å². The Hall–Kier alpha value is -1.37. The summed E-state index contributed by atoms with van der Waals surface area (Å²) < 4.78 is 29.5. The lowest BCUT2D eigenvalue weighted by Gasteiger charge is -2.23. The van der Waals surface area contributed by atoms with Gasteiger partial charge in [0.1, 0.15) is 5.82 Å². The minimum Gasteiger partial charge on any atom is -0.334 e. The molecule has 0 spiro atoms. The summed E-state index contributed by atoms with van der Waals surface area (Å²) in [5.74, 6) is 1.08. The normalized spacial score (nSPS) is 18.2. The van der Waals surface area contributed by atoms with E-state index in [9.17, 15) is 8.42 Å². The smallest absolute Gasteiger partial charge is 0.240 e. The van der Waals surface area contributed by atoms with E-state index in [1.54, 1.807) is 18.2 Å². The molecule has 5 nitrogen and oxygen atoms in total. The van der Waals surface area contributed by atoms with E-state index in [-0.39, 0.29) is 10.8 Å². The number of nitrogens with one attached hydrogen (secondary N) is 1. The highest BCUT2D eigenvalue weighted by Crippen LogP contribution is 2.26. The molecule has 1 aromatic carbocycles. The third-order valence-corrected chi connectivity index (χ3v) is 5.53. The minimum atomic E-state index is -3.55. The molecule has 0 amide bonds. The first kappa shape index (κ1) is 15.5. The van der Waals surface area contributed by atoms with Crippen LogP contribution in [-0.4, -0.2) is 24.5 Å². The second kappa shape index (κ2) is 6.02. The van der Waals surface area contributed by atoms with Crippen molar-refractivity contribution in [3.8, 4) is 0 Å². The van der Waals surface area contributed by atoms with E-state index in [4.69, 9.17) is 11.6 Å². The quantitative estimate of drug-likeness (QED) is 0.931. The number of rotatable bonds is 4. The lowest BCUT2D eigenvalue weighted by Crippen LogP contribution is -2.31. The Labute approximate surface area is 135 Å². The highest BCUT2D eigenvalue weighted by Gasteiger charge is 2.24. The van der Waals surface area contributed by atoms with Gasteiger partial charge in [-0.2, -0.15) is 0 Å². The number of imidazole rings is 1. The number of nitrogens with zero attached hydrogens (tertiary/aromatic N) is 2. The topological polar surface area (TPSA) is 64.0 Å². The van der Waals surface area contributed by atoms with Gasteiger partial charge >= 0.3 is 0 Å². The number of sulfonamides is 1. The highest BCUT2D eigenvalue weighted by atomic mass is 35.5. The maximum absolute atomic E-state index is 12.3. The number of hydrogen-bond acceptors (Lipinski definition) is 3. The largest absolute Gasteiger partial charge is 0.334 e. The van der Waals surface area contributed by atoms with Gasteiger partial charge in [-0.15, -0.1) is 0 Å². The van der Waals surface area contributed by atoms with E-state index in [1.165, 1.54) is 6.07 Å². The van der Waals surface area contributed by atoms with Crippen LogP contribution in [0.3, 0.4) is 0 Å². The van der Waals surface area contributed by atoms with Crippen LogP contribution in [0.5, 0.6) is 0 Å². The molecule has 1 atom stereocenters. The zero-order valence-electron chi connectivity index (χ0n) is 12.3. The first-order valence-corrected chi connectivity index (χ1v) is 9.11. The summed E-state index contributed by atoms with van der Waals surface area (Å²) in [4.78, 5) is 4.72. The lowest BCUT2D eigenvalue weighted by atomic mass is 9.99. The summed E-state index contributed by atoms with van der Waals surface area (Å²) in [5, 5.41) is 0.409. The molecule has 3 rings (SSSR count). The molecule has 1 unspecified atom stereocenters. The van der Waals surface area contributed by atoms with Gasteiger partial charge in [0, 0.05) is 30.2 Å². The van der Waals surface area contributed by atoms with Gasteiger partial charge in [0.05, 0.1) is 10.6 Å². The Morgan fingerprint density at radius 3 is 3.05 bits per heavy atom. The molecule has 0 bridgehead atoms. The summed E-state index contributed by atoms with van der Waals surface area (Å²) in [7, 11) is -3.55. The Morgan fingerprint density at radius 1 is 1.45 bits per heavy atom. The monoisotopic (exact) mass is 339 g/mol. The van der Waals surface area contributed by atoms with E-state index >= 15 is 0 Å². The van der Waals surface area contributed by atoms with Crippen molar-refractivity contribution in [3.63, 3.8) is 0 Å². The summed E-state index contributed by atoms with van der Waals surface area (Å²) in [6.07, 6.45) is 3.99. The number of halogens is 1. The fraction of sp³-hybridized carbons (Fsp3) is 0.400. The maximum atomic E-state index is 12.3. The average molecular weight is 340 g/mol. The molecule has 118 valence electrons. The van der Waals surface area contributed by atoms with Gasteiger partial charge in [0.15, 0.2) is 0 Å². The second-order valence-corrected chi connectivity index (χ2v) is 7.79. The molecule has 1 N–H and O–H groups in total. The molecule has 22 heavy (non-hydrogen) atoms. The molecule has 0 aliphatic carbocycles. The average Bonchev–Trinajstić information content (AvgIpc) is 2.86. The standard InChI is InChI=1S/C15H18ClN3O2S/c1-11-10-19-7-3-4-12(15(19)18-11)9-17-22(20,21)14-6-2-5-13(16)8-14/h2,5-6,8,10,12,17H,3-4,7,9H2,1H3. The van der Waals surface area contributed by atoms with E-state index in [0.717, 1.165) is 30.9 Å². The van der Waals surface area contributed by atoms with Crippen molar-refractivity contribution in [1.82, 2.24) is 14.3 Å². The molecule has 0 radical (unpaired) electrons. The van der Waals surface area contributed by atoms with Crippen molar-refractivity contribution in [2.45, 2.75) is 37.1 Å². The fourth-order valence-corrected chi connectivity index (χ4v) is 4.21. The Bertz CT molecular complexity index is 786. The van der Waals surface area contributed by atoms with Crippen molar-refractivity contribution >= 4 is 21.6 Å². The SMILES string of the molecule is Cc1cn2c(n1)C(CNS(=O)(=O)c1cccc(Cl)c1)CCC2. The zero-order valence-corrected chi connectivity index (χ0v) is 13.9. The second-order valence-electron chi connectivity index (χ2n) is 5.58. The van der Waals surface area contributed by atoms with E-state index in [0.29, 0.717) is 11.6 Å². The Kier molecular flexibility index (Phi) is 4.25. The zero-order chi connectivity index (χ0) is 15.7. The van der Waals surface area contributed by atoms with Gasteiger partial charge in [-0.3, -0.25) is 0 Å². The minimum absolute atomic E-state index is 0.108. The number of fused-ring (bicyclic) bond motifs is 1. The molecule has 1 aliphatic heterocycles. The van der Waals surface area contributed by atoms with Gasteiger partial charge in [-0.05, 0) is 38.0 Å². The van der Waals surface area contributed by atoms with Crippen LogP contribution < -0.4 is 4.72 Å². The first-order valence-electron chi connectivity index (χ1n) is 7.24. The molecular weight excluding hydrogens is 322 g/mol.